The van der Waals surface area contributed by atoms with Gasteiger partial charge < -0.3 is 0 Å². The smallest absolute Gasteiger partial charge is 0.286 e. The average Bonchev–Trinajstić information content (AvgIpc) is 2.65. The maximum absolute atomic E-state index is 12.3. The van der Waals surface area contributed by atoms with Crippen LogP contribution in [0.1, 0.15) is 32.6 Å². The Balaban J connectivity index is 2.03. The van der Waals surface area contributed by atoms with Gasteiger partial charge in [0, 0.05) is 6.20 Å². The third-order valence-electron chi connectivity index (χ3n) is 3.82. The minimum atomic E-state index is -0.606. The van der Waals surface area contributed by atoms with Gasteiger partial charge in [0.2, 0.25) is 18.3 Å². The highest BCUT2D eigenvalue weighted by Gasteiger charge is 2.20. The third kappa shape index (κ3) is 5.24. The highest BCUT2D eigenvalue weighted by molar-refractivity contribution is 5.80. The van der Waals surface area contributed by atoms with E-state index in [2.05, 4.69) is 20.8 Å². The molecule has 2 aromatic heterocycles. The van der Waals surface area contributed by atoms with Crippen LogP contribution in [0.15, 0.2) is 29.2 Å². The van der Waals surface area contributed by atoms with Crippen LogP contribution < -0.4 is 16.5 Å². The Morgan fingerprint density at radius 1 is 1.38 bits per heavy atom. The van der Waals surface area contributed by atoms with Crippen molar-refractivity contribution >= 4 is 23.9 Å². The largest absolute Gasteiger partial charge is 0.356 e. The van der Waals surface area contributed by atoms with E-state index in [4.69, 9.17) is 0 Å². The molecule has 2 heterocycles. The summed E-state index contributed by atoms with van der Waals surface area (Å²) in [5.41, 5.74) is 4.80. The lowest BCUT2D eigenvalue weighted by Gasteiger charge is -2.19. The minimum absolute atomic E-state index is 0.0434. The summed E-state index contributed by atoms with van der Waals surface area (Å²) in [6.07, 6.45) is 5.01. The summed E-state index contributed by atoms with van der Waals surface area (Å²) in [7, 11) is 0. The molecule has 1 unspecified atom stereocenters. The number of rotatable bonds is 10. The van der Waals surface area contributed by atoms with Crippen LogP contribution in [0, 0.1) is 5.92 Å². The van der Waals surface area contributed by atoms with E-state index < -0.39 is 17.5 Å². The molecule has 10 nitrogen and oxygen atoms in total. The fourth-order valence-electron chi connectivity index (χ4n) is 2.46. The molecule has 0 aromatic carbocycles. The Hall–Kier alpha value is -3.01. The molecule has 140 valence electrons. The van der Waals surface area contributed by atoms with Crippen LogP contribution in [0.4, 0.5) is 5.95 Å². The van der Waals surface area contributed by atoms with E-state index in [9.17, 15) is 19.6 Å². The quantitative estimate of drug-likeness (QED) is 0.244. The van der Waals surface area contributed by atoms with Crippen molar-refractivity contribution in [2.24, 2.45) is 5.92 Å². The van der Waals surface area contributed by atoms with Crippen LogP contribution in [0.25, 0.3) is 5.65 Å². The van der Waals surface area contributed by atoms with E-state index >= 15 is 0 Å². The highest BCUT2D eigenvalue weighted by Crippen LogP contribution is 2.11. The number of fused-ring (bicyclic) bond motifs is 1. The summed E-state index contributed by atoms with van der Waals surface area (Å²) in [5, 5.41) is 9.81. The van der Waals surface area contributed by atoms with Gasteiger partial charge in [0.1, 0.15) is 5.65 Å². The molecule has 2 amide bonds. The summed E-state index contributed by atoms with van der Waals surface area (Å²) in [6.45, 7) is 1.91. The average molecular weight is 362 g/mol. The number of hydrogen-bond donors (Lipinski definition) is 3. The molecule has 3 N–H and O–H groups in total. The molecule has 10 heteroatoms. The molecule has 0 aliphatic heterocycles. The number of unbranched alkanes of at least 4 members (excludes halogenated alkanes) is 2. The molecule has 0 radical (unpaired) electrons. The fourth-order valence-corrected chi connectivity index (χ4v) is 2.46. The zero-order valence-electron chi connectivity index (χ0n) is 14.5. The van der Waals surface area contributed by atoms with Gasteiger partial charge in [0.25, 0.3) is 0 Å². The highest BCUT2D eigenvalue weighted by atomic mass is 16.5. The lowest BCUT2D eigenvalue weighted by Crippen LogP contribution is -2.41. The Kier molecular flexibility index (Phi) is 7.03. The van der Waals surface area contributed by atoms with Gasteiger partial charge in [0.05, 0.1) is 12.5 Å². The molecular weight excluding hydrogens is 340 g/mol. The van der Waals surface area contributed by atoms with E-state index in [1.807, 2.05) is 6.92 Å². The fraction of sp³-hybridized carbons (Fsp3) is 0.438. The van der Waals surface area contributed by atoms with Crippen molar-refractivity contribution in [3.8, 4) is 0 Å². The number of hydrogen-bond acceptors (Lipinski definition) is 7. The number of carbonyl (C=O) groups excluding carboxylic acids is 2. The Bertz CT molecular complexity index is 809. The van der Waals surface area contributed by atoms with Crippen LogP contribution in [-0.2, 0) is 9.59 Å². The number of anilines is 1. The molecule has 2 aromatic rings. The van der Waals surface area contributed by atoms with E-state index in [1.54, 1.807) is 24.4 Å². The maximum Gasteiger partial charge on any atom is 0.356 e. The first-order chi connectivity index (χ1) is 12.5. The van der Waals surface area contributed by atoms with Crippen molar-refractivity contribution in [2.75, 3.05) is 12.0 Å². The molecule has 0 spiro atoms. The molecule has 0 bridgehead atoms. The van der Waals surface area contributed by atoms with Crippen molar-refractivity contribution in [1.29, 1.82) is 0 Å². The summed E-state index contributed by atoms with van der Waals surface area (Å²) in [6, 6.07) is 5.04. The minimum Gasteiger partial charge on any atom is -0.286 e. The first-order valence-corrected chi connectivity index (χ1v) is 8.37. The van der Waals surface area contributed by atoms with Gasteiger partial charge in [-0.2, -0.15) is 9.97 Å². The number of hydroxylamine groups is 2. The predicted octanol–water partition coefficient (Wildman–Crippen LogP) is 0.577. The van der Waals surface area contributed by atoms with Gasteiger partial charge in [-0.15, -0.1) is 0 Å². The second-order valence-corrected chi connectivity index (χ2v) is 5.79. The first kappa shape index (κ1) is 19.3. The van der Waals surface area contributed by atoms with Crippen molar-refractivity contribution in [3.05, 3.63) is 34.9 Å². The maximum atomic E-state index is 12.3. The SMILES string of the molecule is CCCCCC(CN(O)C=O)C(=O)NNc1nc(=O)n2ccccc2n1. The van der Waals surface area contributed by atoms with Crippen LogP contribution in [-0.4, -0.2) is 43.5 Å². The monoisotopic (exact) mass is 362 g/mol. The number of nitrogens with zero attached hydrogens (tertiary/aromatic N) is 4. The third-order valence-corrected chi connectivity index (χ3v) is 3.82. The van der Waals surface area contributed by atoms with Gasteiger partial charge in [-0.1, -0.05) is 32.3 Å². The van der Waals surface area contributed by atoms with Gasteiger partial charge in [0.15, 0.2) is 0 Å². The molecule has 0 aliphatic rings. The van der Waals surface area contributed by atoms with Crippen LogP contribution in [0.2, 0.25) is 0 Å². The van der Waals surface area contributed by atoms with Crippen molar-refractivity contribution in [1.82, 2.24) is 24.9 Å². The second kappa shape index (κ2) is 9.47. The van der Waals surface area contributed by atoms with E-state index in [0.29, 0.717) is 17.1 Å². The molecule has 0 aliphatic carbocycles. The Morgan fingerprint density at radius 3 is 2.92 bits per heavy atom. The lowest BCUT2D eigenvalue weighted by molar-refractivity contribution is -0.154. The van der Waals surface area contributed by atoms with Crippen LogP contribution in [0.5, 0.6) is 0 Å². The molecule has 0 saturated carbocycles. The van der Waals surface area contributed by atoms with Crippen LogP contribution in [0.3, 0.4) is 0 Å². The standard InChI is InChI=1S/C16H22N6O4/c1-2-3-4-7-12(10-21(26)11-23)14(24)19-20-15-17-13-8-5-6-9-22(13)16(25)18-15/h5-6,8-9,11-12,26H,2-4,7,10H2,1H3,(H,19,24)(H,18,20,25). The lowest BCUT2D eigenvalue weighted by atomic mass is 10.0. The molecule has 2 rings (SSSR count). The summed E-state index contributed by atoms with van der Waals surface area (Å²) < 4.78 is 1.27. The van der Waals surface area contributed by atoms with E-state index in [1.165, 1.54) is 4.40 Å². The molecule has 1 atom stereocenters. The Morgan fingerprint density at radius 2 is 2.19 bits per heavy atom. The van der Waals surface area contributed by atoms with Gasteiger partial charge in [-0.05, 0) is 18.6 Å². The predicted molar refractivity (Wildman–Crippen MR) is 93.2 cm³/mol. The number of amides is 2. The summed E-state index contributed by atoms with van der Waals surface area (Å²) >= 11 is 0. The van der Waals surface area contributed by atoms with Crippen molar-refractivity contribution in [2.45, 2.75) is 32.6 Å². The van der Waals surface area contributed by atoms with E-state index in [-0.39, 0.29) is 18.9 Å². The zero-order chi connectivity index (χ0) is 18.9. The molecule has 0 fully saturated rings. The van der Waals surface area contributed by atoms with Crippen molar-refractivity contribution < 1.29 is 14.8 Å². The number of carbonyl (C=O) groups is 2. The summed E-state index contributed by atoms with van der Waals surface area (Å²) in [4.78, 5) is 42.7. The molecule has 26 heavy (non-hydrogen) atoms. The number of pyridine rings is 1. The van der Waals surface area contributed by atoms with Gasteiger partial charge in [-0.25, -0.2) is 9.86 Å². The van der Waals surface area contributed by atoms with E-state index in [0.717, 1.165) is 19.3 Å². The normalized spacial score (nSPS) is 11.8. The zero-order valence-corrected chi connectivity index (χ0v) is 14.5. The number of hydrazine groups is 1. The molecular formula is C16H22N6O4. The van der Waals surface area contributed by atoms with Crippen LogP contribution >= 0.6 is 0 Å². The Labute approximate surface area is 149 Å². The second-order valence-electron chi connectivity index (χ2n) is 5.79. The van der Waals surface area contributed by atoms with Gasteiger partial charge >= 0.3 is 5.69 Å². The number of aromatic nitrogens is 3. The topological polar surface area (TPSA) is 129 Å². The first-order valence-electron chi connectivity index (χ1n) is 8.37. The van der Waals surface area contributed by atoms with Gasteiger partial charge in [-0.3, -0.25) is 30.0 Å². The summed E-state index contributed by atoms with van der Waals surface area (Å²) in [5.74, 6) is -1.08. The van der Waals surface area contributed by atoms with Crippen molar-refractivity contribution in [3.63, 3.8) is 0 Å². The molecule has 0 saturated heterocycles. The number of nitrogens with one attached hydrogen (secondary N) is 2.